The average Bonchev–Trinajstić information content (AvgIpc) is 3.27. The molecule has 20 heavy (non-hydrogen) atoms. The number of ether oxygens (including phenoxy) is 2. The standard InChI is InChI=1S/C15H16N2O3/c1-19-13-6-10(7-14(8-13)20-2)5-11(9-16)15(18)17-12-3-4-12/h5-8,12H,3-4H2,1-2H3,(H,17,18)/b11-5+. The number of benzene rings is 1. The van der Waals surface area contributed by atoms with Crippen LogP contribution in [0.2, 0.25) is 0 Å². The van der Waals surface area contributed by atoms with E-state index in [9.17, 15) is 4.79 Å². The Bertz CT molecular complexity index is 561. The van der Waals surface area contributed by atoms with Gasteiger partial charge in [0.2, 0.25) is 0 Å². The second-order valence-electron chi connectivity index (χ2n) is 4.56. The Morgan fingerprint density at radius 3 is 2.35 bits per heavy atom. The van der Waals surface area contributed by atoms with Gasteiger partial charge in [-0.1, -0.05) is 0 Å². The molecular formula is C15H16N2O3. The molecule has 1 amide bonds. The molecule has 0 aromatic heterocycles. The molecule has 0 aliphatic heterocycles. The highest BCUT2D eigenvalue weighted by Gasteiger charge is 2.24. The maximum atomic E-state index is 11.9. The molecule has 0 spiro atoms. The predicted molar refractivity (Wildman–Crippen MR) is 74.3 cm³/mol. The number of carbonyl (C=O) groups excluding carboxylic acids is 1. The van der Waals surface area contributed by atoms with E-state index in [1.54, 1.807) is 32.4 Å². The Labute approximate surface area is 117 Å². The van der Waals surface area contributed by atoms with Gasteiger partial charge in [-0.05, 0) is 36.6 Å². The van der Waals surface area contributed by atoms with E-state index >= 15 is 0 Å². The van der Waals surface area contributed by atoms with Gasteiger partial charge < -0.3 is 14.8 Å². The number of carbonyl (C=O) groups is 1. The van der Waals surface area contributed by atoms with Crippen molar-refractivity contribution in [3.8, 4) is 17.6 Å². The second-order valence-corrected chi connectivity index (χ2v) is 4.56. The van der Waals surface area contributed by atoms with Crippen LogP contribution >= 0.6 is 0 Å². The number of nitrogens with zero attached hydrogens (tertiary/aromatic N) is 1. The molecule has 0 bridgehead atoms. The molecule has 0 radical (unpaired) electrons. The summed E-state index contributed by atoms with van der Waals surface area (Å²) in [4.78, 5) is 11.9. The maximum Gasteiger partial charge on any atom is 0.262 e. The van der Waals surface area contributed by atoms with Crippen LogP contribution in [0.15, 0.2) is 23.8 Å². The Morgan fingerprint density at radius 1 is 1.30 bits per heavy atom. The SMILES string of the molecule is COc1cc(/C=C(\C#N)C(=O)NC2CC2)cc(OC)c1. The van der Waals surface area contributed by atoms with Crippen LogP contribution in [0, 0.1) is 11.3 Å². The van der Waals surface area contributed by atoms with E-state index in [0.29, 0.717) is 17.1 Å². The minimum absolute atomic E-state index is 0.0761. The van der Waals surface area contributed by atoms with Crippen molar-refractivity contribution in [1.82, 2.24) is 5.32 Å². The molecule has 1 fully saturated rings. The molecule has 1 aliphatic carbocycles. The van der Waals surface area contributed by atoms with Crippen molar-refractivity contribution in [2.45, 2.75) is 18.9 Å². The van der Waals surface area contributed by atoms with Gasteiger partial charge in [-0.15, -0.1) is 0 Å². The third-order valence-corrected chi connectivity index (χ3v) is 2.96. The summed E-state index contributed by atoms with van der Waals surface area (Å²) in [6, 6.07) is 7.36. The minimum Gasteiger partial charge on any atom is -0.497 e. The molecule has 5 nitrogen and oxygen atoms in total. The number of methoxy groups -OCH3 is 2. The van der Waals surface area contributed by atoms with Crippen molar-refractivity contribution in [3.63, 3.8) is 0 Å². The molecule has 104 valence electrons. The van der Waals surface area contributed by atoms with Gasteiger partial charge in [-0.2, -0.15) is 5.26 Å². The van der Waals surface area contributed by atoms with Gasteiger partial charge >= 0.3 is 0 Å². The summed E-state index contributed by atoms with van der Waals surface area (Å²) < 4.78 is 10.3. The zero-order valence-electron chi connectivity index (χ0n) is 11.5. The lowest BCUT2D eigenvalue weighted by atomic mass is 10.1. The van der Waals surface area contributed by atoms with E-state index in [4.69, 9.17) is 14.7 Å². The van der Waals surface area contributed by atoms with E-state index < -0.39 is 0 Å². The van der Waals surface area contributed by atoms with Gasteiger partial charge in [0.15, 0.2) is 0 Å². The summed E-state index contributed by atoms with van der Waals surface area (Å²) in [7, 11) is 3.10. The third-order valence-electron chi connectivity index (χ3n) is 2.96. The Hall–Kier alpha value is -2.48. The molecule has 1 N–H and O–H groups in total. The molecule has 1 aliphatic rings. The summed E-state index contributed by atoms with van der Waals surface area (Å²) in [6.07, 6.45) is 3.50. The number of hydrogen-bond acceptors (Lipinski definition) is 4. The molecule has 0 saturated heterocycles. The van der Waals surface area contributed by atoms with Crippen LogP contribution in [-0.4, -0.2) is 26.2 Å². The van der Waals surface area contributed by atoms with Gasteiger partial charge in [0.1, 0.15) is 23.1 Å². The zero-order valence-corrected chi connectivity index (χ0v) is 11.5. The molecule has 2 rings (SSSR count). The van der Waals surface area contributed by atoms with Gasteiger partial charge in [0.25, 0.3) is 5.91 Å². The summed E-state index contributed by atoms with van der Waals surface area (Å²) in [5, 5.41) is 11.9. The summed E-state index contributed by atoms with van der Waals surface area (Å²) in [5.41, 5.74) is 0.760. The Kier molecular flexibility index (Phi) is 4.26. The number of nitrogens with one attached hydrogen (secondary N) is 1. The van der Waals surface area contributed by atoms with E-state index in [0.717, 1.165) is 12.8 Å². The van der Waals surface area contributed by atoms with Crippen molar-refractivity contribution in [3.05, 3.63) is 29.3 Å². The van der Waals surface area contributed by atoms with Gasteiger partial charge in [0, 0.05) is 12.1 Å². The van der Waals surface area contributed by atoms with Crippen molar-refractivity contribution in [2.75, 3.05) is 14.2 Å². The van der Waals surface area contributed by atoms with Crippen molar-refractivity contribution in [1.29, 1.82) is 5.26 Å². The third kappa shape index (κ3) is 3.51. The molecule has 1 aromatic carbocycles. The normalized spacial score (nSPS) is 14.3. The highest BCUT2D eigenvalue weighted by molar-refractivity contribution is 6.02. The smallest absolute Gasteiger partial charge is 0.262 e. The van der Waals surface area contributed by atoms with Gasteiger partial charge in [-0.3, -0.25) is 4.79 Å². The highest BCUT2D eigenvalue weighted by Crippen LogP contribution is 2.24. The van der Waals surface area contributed by atoms with Crippen molar-refractivity contribution < 1.29 is 14.3 Å². The van der Waals surface area contributed by atoms with Crippen LogP contribution in [0.5, 0.6) is 11.5 Å². The molecule has 5 heteroatoms. The Balaban J connectivity index is 2.26. The van der Waals surface area contributed by atoms with Crippen LogP contribution < -0.4 is 14.8 Å². The largest absolute Gasteiger partial charge is 0.497 e. The van der Waals surface area contributed by atoms with Gasteiger partial charge in [-0.25, -0.2) is 0 Å². The second kappa shape index (κ2) is 6.11. The maximum absolute atomic E-state index is 11.9. The first-order valence-corrected chi connectivity index (χ1v) is 6.32. The van der Waals surface area contributed by atoms with E-state index in [2.05, 4.69) is 5.32 Å². The van der Waals surface area contributed by atoms with E-state index in [1.165, 1.54) is 6.08 Å². The van der Waals surface area contributed by atoms with Crippen LogP contribution in [0.4, 0.5) is 0 Å². The fourth-order valence-electron chi connectivity index (χ4n) is 1.72. The summed E-state index contributed by atoms with van der Waals surface area (Å²) >= 11 is 0. The summed E-state index contributed by atoms with van der Waals surface area (Å²) in [5.74, 6) is 0.878. The fourth-order valence-corrected chi connectivity index (χ4v) is 1.72. The number of amides is 1. The average molecular weight is 272 g/mol. The first-order valence-electron chi connectivity index (χ1n) is 6.32. The van der Waals surface area contributed by atoms with E-state index in [-0.39, 0.29) is 17.5 Å². The van der Waals surface area contributed by atoms with Crippen LogP contribution in [-0.2, 0) is 4.79 Å². The van der Waals surface area contributed by atoms with Crippen LogP contribution in [0.3, 0.4) is 0 Å². The Morgan fingerprint density at radius 2 is 1.90 bits per heavy atom. The summed E-state index contributed by atoms with van der Waals surface area (Å²) in [6.45, 7) is 0. The van der Waals surface area contributed by atoms with Crippen LogP contribution in [0.1, 0.15) is 18.4 Å². The molecule has 1 saturated carbocycles. The number of rotatable bonds is 5. The lowest BCUT2D eigenvalue weighted by Crippen LogP contribution is -2.26. The predicted octanol–water partition coefficient (Wildman–Crippen LogP) is 1.89. The van der Waals surface area contributed by atoms with E-state index in [1.807, 2.05) is 6.07 Å². The fraction of sp³-hybridized carbons (Fsp3) is 0.333. The highest BCUT2D eigenvalue weighted by atomic mass is 16.5. The number of hydrogen-bond donors (Lipinski definition) is 1. The lowest BCUT2D eigenvalue weighted by Gasteiger charge is -2.06. The molecule has 0 atom stereocenters. The van der Waals surface area contributed by atoms with Crippen LogP contribution in [0.25, 0.3) is 6.08 Å². The molecule has 1 aromatic rings. The topological polar surface area (TPSA) is 71.3 Å². The first-order chi connectivity index (χ1) is 9.66. The lowest BCUT2D eigenvalue weighted by molar-refractivity contribution is -0.117. The zero-order chi connectivity index (χ0) is 14.5. The molecular weight excluding hydrogens is 256 g/mol. The van der Waals surface area contributed by atoms with Crippen molar-refractivity contribution >= 4 is 12.0 Å². The number of nitriles is 1. The van der Waals surface area contributed by atoms with Gasteiger partial charge in [0.05, 0.1) is 14.2 Å². The van der Waals surface area contributed by atoms with Crippen molar-refractivity contribution in [2.24, 2.45) is 0 Å². The quantitative estimate of drug-likeness (QED) is 0.656. The monoisotopic (exact) mass is 272 g/mol. The first kappa shape index (κ1) is 13.9. The molecule has 0 unspecified atom stereocenters. The molecule has 0 heterocycles. The minimum atomic E-state index is -0.336.